The van der Waals surface area contributed by atoms with E-state index >= 15 is 0 Å². The first-order chi connectivity index (χ1) is 8.43. The van der Waals surface area contributed by atoms with E-state index in [4.69, 9.17) is 9.47 Å². The van der Waals surface area contributed by atoms with E-state index in [1.165, 1.54) is 25.7 Å². The van der Waals surface area contributed by atoms with Crippen LogP contribution in [0.15, 0.2) is 0 Å². The van der Waals surface area contributed by atoms with Crippen LogP contribution >= 0.6 is 0 Å². The normalized spacial score (nSPS) is 39.9. The summed E-state index contributed by atoms with van der Waals surface area (Å²) < 4.78 is 11.7. The van der Waals surface area contributed by atoms with Crippen molar-refractivity contribution in [2.75, 3.05) is 39.4 Å². The van der Waals surface area contributed by atoms with E-state index in [-0.39, 0.29) is 0 Å². The van der Waals surface area contributed by atoms with Gasteiger partial charge in [0.25, 0.3) is 0 Å². The fraction of sp³-hybridized carbons (Fsp3) is 1.00. The molecular weight excluding hydrogens is 216 g/mol. The highest BCUT2D eigenvalue weighted by Crippen LogP contribution is 2.28. The molecule has 3 atom stereocenters. The molecule has 2 heterocycles. The second-order valence-electron chi connectivity index (χ2n) is 5.45. The molecule has 0 aromatic rings. The second kappa shape index (κ2) is 5.65. The van der Waals surface area contributed by atoms with E-state index in [0.29, 0.717) is 18.2 Å². The molecule has 3 fully saturated rings. The average molecular weight is 240 g/mol. The first-order valence-electron chi connectivity index (χ1n) is 7.11. The standard InChI is InChI=1S/C13H24N2O2/c1-2-4-13-12(3-1)15(6-8-17-13)10-11-9-14-5-7-16-11/h11-14H,1-10H2. The lowest BCUT2D eigenvalue weighted by Crippen LogP contribution is -2.56. The lowest BCUT2D eigenvalue weighted by molar-refractivity contribution is -0.105. The SMILES string of the molecule is C1CCC2C(C1)OCCN2CC1CNCCO1. The van der Waals surface area contributed by atoms with Gasteiger partial charge in [-0.25, -0.2) is 0 Å². The summed E-state index contributed by atoms with van der Waals surface area (Å²) in [6, 6.07) is 0.656. The van der Waals surface area contributed by atoms with Gasteiger partial charge in [-0.1, -0.05) is 12.8 Å². The maximum absolute atomic E-state index is 5.90. The highest BCUT2D eigenvalue weighted by molar-refractivity contribution is 4.89. The molecule has 3 unspecified atom stereocenters. The predicted molar refractivity (Wildman–Crippen MR) is 66.2 cm³/mol. The molecule has 0 radical (unpaired) electrons. The van der Waals surface area contributed by atoms with Crippen LogP contribution in [-0.4, -0.2) is 62.5 Å². The Hall–Kier alpha value is -0.160. The molecule has 3 aliphatic rings. The largest absolute Gasteiger partial charge is 0.375 e. The molecule has 17 heavy (non-hydrogen) atoms. The summed E-state index contributed by atoms with van der Waals surface area (Å²) in [4.78, 5) is 2.62. The molecule has 3 rings (SSSR count). The van der Waals surface area contributed by atoms with Crippen LogP contribution in [0.3, 0.4) is 0 Å². The summed E-state index contributed by atoms with van der Waals surface area (Å²) in [5.41, 5.74) is 0. The number of fused-ring (bicyclic) bond motifs is 1. The van der Waals surface area contributed by atoms with Crippen molar-refractivity contribution in [1.82, 2.24) is 10.2 Å². The third kappa shape index (κ3) is 2.81. The van der Waals surface area contributed by atoms with Crippen LogP contribution in [0.4, 0.5) is 0 Å². The van der Waals surface area contributed by atoms with Crippen LogP contribution in [0.5, 0.6) is 0 Å². The van der Waals surface area contributed by atoms with Crippen molar-refractivity contribution in [2.24, 2.45) is 0 Å². The van der Waals surface area contributed by atoms with Crippen molar-refractivity contribution in [3.8, 4) is 0 Å². The van der Waals surface area contributed by atoms with Crippen LogP contribution in [-0.2, 0) is 9.47 Å². The highest BCUT2D eigenvalue weighted by atomic mass is 16.5. The van der Waals surface area contributed by atoms with Gasteiger partial charge in [0.05, 0.1) is 25.4 Å². The van der Waals surface area contributed by atoms with Gasteiger partial charge in [-0.15, -0.1) is 0 Å². The van der Waals surface area contributed by atoms with Crippen LogP contribution in [0.1, 0.15) is 25.7 Å². The first-order valence-corrected chi connectivity index (χ1v) is 7.11. The van der Waals surface area contributed by atoms with Crippen molar-refractivity contribution in [3.05, 3.63) is 0 Å². The summed E-state index contributed by atoms with van der Waals surface area (Å²) in [7, 11) is 0. The Morgan fingerprint density at radius 2 is 2.06 bits per heavy atom. The lowest BCUT2D eigenvalue weighted by atomic mass is 9.90. The van der Waals surface area contributed by atoms with Gasteiger partial charge in [-0.2, -0.15) is 0 Å². The molecule has 0 amide bonds. The highest BCUT2D eigenvalue weighted by Gasteiger charge is 2.35. The minimum Gasteiger partial charge on any atom is -0.375 e. The summed E-state index contributed by atoms with van der Waals surface area (Å²) in [6.45, 7) is 5.95. The van der Waals surface area contributed by atoms with Crippen molar-refractivity contribution in [3.63, 3.8) is 0 Å². The van der Waals surface area contributed by atoms with Crippen molar-refractivity contribution >= 4 is 0 Å². The number of morpholine rings is 2. The monoisotopic (exact) mass is 240 g/mol. The Morgan fingerprint density at radius 1 is 1.12 bits per heavy atom. The zero-order chi connectivity index (χ0) is 11.5. The number of nitrogens with zero attached hydrogens (tertiary/aromatic N) is 1. The van der Waals surface area contributed by atoms with Crippen molar-refractivity contribution in [1.29, 1.82) is 0 Å². The summed E-state index contributed by atoms with van der Waals surface area (Å²) in [5, 5.41) is 3.41. The van der Waals surface area contributed by atoms with E-state index in [1.807, 2.05) is 0 Å². The van der Waals surface area contributed by atoms with Gasteiger partial charge in [0, 0.05) is 32.2 Å². The summed E-state index contributed by atoms with van der Waals surface area (Å²) in [5.74, 6) is 0. The molecule has 2 saturated heterocycles. The molecule has 0 bridgehead atoms. The van der Waals surface area contributed by atoms with Gasteiger partial charge < -0.3 is 14.8 Å². The summed E-state index contributed by atoms with van der Waals surface area (Å²) in [6.07, 6.45) is 6.15. The maximum Gasteiger partial charge on any atom is 0.0826 e. The predicted octanol–water partition coefficient (Wildman–Crippen LogP) is 0.618. The molecule has 0 aromatic carbocycles. The van der Waals surface area contributed by atoms with Gasteiger partial charge in [0.1, 0.15) is 0 Å². The minimum atomic E-state index is 0.379. The number of ether oxygens (including phenoxy) is 2. The zero-order valence-electron chi connectivity index (χ0n) is 10.6. The Morgan fingerprint density at radius 3 is 2.94 bits per heavy atom. The topological polar surface area (TPSA) is 33.7 Å². The Bertz CT molecular complexity index is 242. The Labute approximate surface area is 104 Å². The van der Waals surface area contributed by atoms with E-state index in [2.05, 4.69) is 10.2 Å². The van der Waals surface area contributed by atoms with Gasteiger partial charge >= 0.3 is 0 Å². The number of hydrogen-bond donors (Lipinski definition) is 1. The van der Waals surface area contributed by atoms with E-state index in [0.717, 1.165) is 39.4 Å². The first kappa shape index (κ1) is 11.9. The average Bonchev–Trinajstić information content (AvgIpc) is 2.40. The number of hydrogen-bond acceptors (Lipinski definition) is 4. The van der Waals surface area contributed by atoms with Crippen LogP contribution < -0.4 is 5.32 Å². The van der Waals surface area contributed by atoms with E-state index < -0.39 is 0 Å². The molecule has 1 saturated carbocycles. The number of nitrogens with one attached hydrogen (secondary N) is 1. The van der Waals surface area contributed by atoms with Crippen LogP contribution in [0, 0.1) is 0 Å². The van der Waals surface area contributed by atoms with Gasteiger partial charge in [0.2, 0.25) is 0 Å². The molecule has 0 spiro atoms. The molecule has 1 aliphatic carbocycles. The number of rotatable bonds is 2. The Balaban J connectivity index is 1.56. The molecule has 0 aromatic heterocycles. The van der Waals surface area contributed by atoms with Gasteiger partial charge in [-0.05, 0) is 12.8 Å². The molecule has 2 aliphatic heterocycles. The Kier molecular flexibility index (Phi) is 3.96. The fourth-order valence-corrected chi connectivity index (χ4v) is 3.40. The molecule has 4 heteroatoms. The summed E-state index contributed by atoms with van der Waals surface area (Å²) >= 11 is 0. The van der Waals surface area contributed by atoms with Gasteiger partial charge in [-0.3, -0.25) is 4.90 Å². The van der Waals surface area contributed by atoms with E-state index in [9.17, 15) is 0 Å². The minimum absolute atomic E-state index is 0.379. The smallest absolute Gasteiger partial charge is 0.0826 e. The molecule has 4 nitrogen and oxygen atoms in total. The second-order valence-corrected chi connectivity index (χ2v) is 5.45. The van der Waals surface area contributed by atoms with E-state index in [1.54, 1.807) is 0 Å². The molecule has 98 valence electrons. The quantitative estimate of drug-likeness (QED) is 0.767. The molecular formula is C13H24N2O2. The van der Waals surface area contributed by atoms with Crippen molar-refractivity contribution < 1.29 is 9.47 Å². The third-order valence-corrected chi connectivity index (χ3v) is 4.29. The van der Waals surface area contributed by atoms with Gasteiger partial charge in [0.15, 0.2) is 0 Å². The van der Waals surface area contributed by atoms with Crippen LogP contribution in [0.2, 0.25) is 0 Å². The fourth-order valence-electron chi connectivity index (χ4n) is 3.40. The maximum atomic E-state index is 5.90. The molecule has 1 N–H and O–H groups in total. The lowest BCUT2D eigenvalue weighted by Gasteiger charge is -2.45. The third-order valence-electron chi connectivity index (χ3n) is 4.29. The van der Waals surface area contributed by atoms with Crippen LogP contribution in [0.25, 0.3) is 0 Å². The zero-order valence-corrected chi connectivity index (χ0v) is 10.6. The van der Waals surface area contributed by atoms with Crippen molar-refractivity contribution in [2.45, 2.75) is 43.9 Å².